The number of thiophene rings is 1. The molecule has 6 heteroatoms. The average molecular weight is 413 g/mol. The summed E-state index contributed by atoms with van der Waals surface area (Å²) in [6, 6.07) is 12.3. The molecule has 2 heterocycles. The molecule has 0 saturated carbocycles. The number of benzene rings is 1. The van der Waals surface area contributed by atoms with E-state index in [1.807, 2.05) is 45.9 Å². The van der Waals surface area contributed by atoms with Crippen LogP contribution in [0.3, 0.4) is 0 Å². The van der Waals surface area contributed by atoms with E-state index in [9.17, 15) is 4.79 Å². The van der Waals surface area contributed by atoms with E-state index in [1.165, 1.54) is 0 Å². The van der Waals surface area contributed by atoms with Crippen LogP contribution in [0.25, 0.3) is 20.7 Å². The fraction of sp³-hybridized carbons (Fsp3) is 0.435. The van der Waals surface area contributed by atoms with Crippen LogP contribution in [-0.4, -0.2) is 27.6 Å². The van der Waals surface area contributed by atoms with Gasteiger partial charge in [-0.3, -0.25) is 4.79 Å². The number of hydrogen-bond donors (Lipinski definition) is 0. The van der Waals surface area contributed by atoms with Gasteiger partial charge in [-0.25, -0.2) is 9.97 Å². The second-order valence-electron chi connectivity index (χ2n) is 8.14. The van der Waals surface area contributed by atoms with Crippen LogP contribution in [0.15, 0.2) is 42.7 Å². The predicted molar refractivity (Wildman–Crippen MR) is 117 cm³/mol. The van der Waals surface area contributed by atoms with E-state index in [0.717, 1.165) is 39.9 Å². The highest BCUT2D eigenvalue weighted by molar-refractivity contribution is 7.21. The summed E-state index contributed by atoms with van der Waals surface area (Å²) in [5, 5.41) is 0.942. The molecule has 0 fully saturated rings. The number of hydrogen-bond acceptors (Lipinski definition) is 6. The quantitative estimate of drug-likeness (QED) is 0.334. The third-order valence-corrected chi connectivity index (χ3v) is 5.42. The molecule has 1 aromatic carbocycles. The van der Waals surface area contributed by atoms with Crippen molar-refractivity contribution in [1.82, 2.24) is 9.97 Å². The molecule has 0 spiro atoms. The highest BCUT2D eigenvalue weighted by Gasteiger charge is 2.16. The lowest BCUT2D eigenvalue weighted by atomic mass is 10.1. The largest absolute Gasteiger partial charge is 0.474 e. The Bertz CT molecular complexity index is 948. The molecule has 0 radical (unpaired) electrons. The number of esters is 1. The molecule has 0 bridgehead atoms. The fourth-order valence-electron chi connectivity index (χ4n) is 3.02. The Balaban J connectivity index is 1.56. The van der Waals surface area contributed by atoms with Gasteiger partial charge in [-0.2, -0.15) is 0 Å². The fourth-order valence-corrected chi connectivity index (χ4v) is 4.01. The number of carbonyl (C=O) groups is 1. The minimum atomic E-state index is -0.426. The van der Waals surface area contributed by atoms with Gasteiger partial charge in [0.25, 0.3) is 0 Å². The van der Waals surface area contributed by atoms with Gasteiger partial charge in [0.1, 0.15) is 16.8 Å². The molecule has 3 aromatic rings. The first-order valence-corrected chi connectivity index (χ1v) is 10.8. The van der Waals surface area contributed by atoms with Gasteiger partial charge in [0.15, 0.2) is 0 Å². The van der Waals surface area contributed by atoms with E-state index in [4.69, 9.17) is 9.47 Å². The van der Waals surface area contributed by atoms with Gasteiger partial charge in [0, 0.05) is 11.3 Å². The Morgan fingerprint density at radius 3 is 2.62 bits per heavy atom. The van der Waals surface area contributed by atoms with Crippen LogP contribution < -0.4 is 4.74 Å². The van der Waals surface area contributed by atoms with Crippen LogP contribution in [0, 0.1) is 0 Å². The van der Waals surface area contributed by atoms with Crippen LogP contribution in [0.4, 0.5) is 0 Å². The Morgan fingerprint density at radius 1 is 1.14 bits per heavy atom. The van der Waals surface area contributed by atoms with Crippen LogP contribution in [0.5, 0.6) is 5.88 Å². The molecule has 0 amide bonds. The molecule has 29 heavy (non-hydrogen) atoms. The summed E-state index contributed by atoms with van der Waals surface area (Å²) in [7, 11) is 0. The third-order valence-electron chi connectivity index (χ3n) is 4.33. The average Bonchev–Trinajstić information content (AvgIpc) is 3.10. The van der Waals surface area contributed by atoms with Crippen molar-refractivity contribution < 1.29 is 14.3 Å². The summed E-state index contributed by atoms with van der Waals surface area (Å²) < 4.78 is 11.4. The minimum Gasteiger partial charge on any atom is -0.474 e. The second-order valence-corrected chi connectivity index (χ2v) is 9.17. The molecule has 0 saturated heterocycles. The molecule has 5 nitrogen and oxygen atoms in total. The molecule has 0 N–H and O–H groups in total. The van der Waals surface area contributed by atoms with Crippen LogP contribution >= 0.6 is 11.3 Å². The van der Waals surface area contributed by atoms with E-state index in [-0.39, 0.29) is 12.1 Å². The molecular weight excluding hydrogens is 384 g/mol. The highest BCUT2D eigenvalue weighted by Crippen LogP contribution is 2.36. The van der Waals surface area contributed by atoms with Crippen molar-refractivity contribution in [3.63, 3.8) is 0 Å². The van der Waals surface area contributed by atoms with Gasteiger partial charge in [0.2, 0.25) is 5.88 Å². The zero-order valence-corrected chi connectivity index (χ0v) is 18.3. The molecule has 3 rings (SSSR count). The van der Waals surface area contributed by atoms with Crippen LogP contribution in [0.1, 0.15) is 53.4 Å². The van der Waals surface area contributed by atoms with Gasteiger partial charge in [-0.15, -0.1) is 11.3 Å². The Kier molecular flexibility index (Phi) is 6.85. The summed E-state index contributed by atoms with van der Waals surface area (Å²) in [6.45, 7) is 7.69. The lowest BCUT2D eigenvalue weighted by Gasteiger charge is -2.19. The molecule has 0 aliphatic carbocycles. The normalized spacial score (nSPS) is 12.7. The Hall–Kier alpha value is -2.47. The maximum absolute atomic E-state index is 11.8. The lowest BCUT2D eigenvalue weighted by Crippen LogP contribution is -2.23. The van der Waals surface area contributed by atoms with E-state index in [1.54, 1.807) is 17.7 Å². The number of ether oxygens (including phenoxy) is 2. The SMILES string of the molecule is C[C@H](CCCCC(=O)OC(C)(C)C)Oc1ncnc2sc(-c3ccccc3)cc12. The van der Waals surface area contributed by atoms with Gasteiger partial charge >= 0.3 is 5.97 Å². The molecule has 0 unspecified atom stereocenters. The maximum atomic E-state index is 11.8. The number of fused-ring (bicyclic) bond motifs is 1. The van der Waals surface area contributed by atoms with Crippen molar-refractivity contribution in [3.05, 3.63) is 42.7 Å². The first kappa shape index (κ1) is 21.2. The molecule has 1 atom stereocenters. The summed E-state index contributed by atoms with van der Waals surface area (Å²) >= 11 is 1.64. The van der Waals surface area contributed by atoms with Gasteiger partial charge in [-0.1, -0.05) is 30.3 Å². The lowest BCUT2D eigenvalue weighted by molar-refractivity contribution is -0.154. The van der Waals surface area contributed by atoms with Crippen molar-refractivity contribution in [1.29, 1.82) is 0 Å². The maximum Gasteiger partial charge on any atom is 0.306 e. The number of unbranched alkanes of at least 4 members (excludes halogenated alkanes) is 1. The summed E-state index contributed by atoms with van der Waals surface area (Å²) in [6.07, 6.45) is 4.53. The Labute approximate surface area is 176 Å². The highest BCUT2D eigenvalue weighted by atomic mass is 32.1. The topological polar surface area (TPSA) is 61.3 Å². The summed E-state index contributed by atoms with van der Waals surface area (Å²) in [5.41, 5.74) is 0.738. The second kappa shape index (κ2) is 9.35. The minimum absolute atomic E-state index is 0.00631. The third kappa shape index (κ3) is 6.26. The summed E-state index contributed by atoms with van der Waals surface area (Å²) in [4.78, 5) is 22.6. The molecular formula is C23H28N2O3S. The van der Waals surface area contributed by atoms with Crippen molar-refractivity contribution in [2.24, 2.45) is 0 Å². The molecule has 2 aromatic heterocycles. The first-order valence-electron chi connectivity index (χ1n) is 10.0. The Morgan fingerprint density at radius 2 is 1.90 bits per heavy atom. The number of rotatable bonds is 8. The van der Waals surface area contributed by atoms with Crippen molar-refractivity contribution in [2.75, 3.05) is 0 Å². The van der Waals surface area contributed by atoms with Gasteiger partial charge < -0.3 is 9.47 Å². The van der Waals surface area contributed by atoms with E-state index < -0.39 is 5.60 Å². The van der Waals surface area contributed by atoms with E-state index >= 15 is 0 Å². The molecule has 0 aliphatic heterocycles. The molecule has 154 valence electrons. The van der Waals surface area contributed by atoms with E-state index in [0.29, 0.717) is 12.3 Å². The van der Waals surface area contributed by atoms with Gasteiger partial charge in [0.05, 0.1) is 11.5 Å². The van der Waals surface area contributed by atoms with Crippen molar-refractivity contribution in [2.45, 2.75) is 65.1 Å². The standard InChI is InChI=1S/C23H28N2O3S/c1-16(10-8-9-13-20(26)28-23(2,3)4)27-21-18-14-19(17-11-6-5-7-12-17)29-22(18)25-15-24-21/h5-7,11-12,14-16H,8-10,13H2,1-4H3/t16-/m1/s1. The van der Waals surface area contributed by atoms with Crippen LogP contribution in [0.2, 0.25) is 0 Å². The van der Waals surface area contributed by atoms with Crippen molar-refractivity contribution in [3.8, 4) is 16.3 Å². The zero-order chi connectivity index (χ0) is 20.9. The monoisotopic (exact) mass is 412 g/mol. The molecule has 0 aliphatic rings. The smallest absolute Gasteiger partial charge is 0.306 e. The van der Waals surface area contributed by atoms with Gasteiger partial charge in [-0.05, 0) is 58.6 Å². The first-order chi connectivity index (χ1) is 13.8. The number of nitrogens with zero attached hydrogens (tertiary/aromatic N) is 2. The van der Waals surface area contributed by atoms with Crippen LogP contribution in [-0.2, 0) is 9.53 Å². The van der Waals surface area contributed by atoms with E-state index in [2.05, 4.69) is 28.2 Å². The number of carbonyl (C=O) groups excluding carboxylic acids is 1. The zero-order valence-electron chi connectivity index (χ0n) is 17.5. The van der Waals surface area contributed by atoms with Crippen molar-refractivity contribution >= 4 is 27.5 Å². The predicted octanol–water partition coefficient (Wildman–Crippen LogP) is 6.03. The number of aromatic nitrogens is 2. The summed E-state index contributed by atoms with van der Waals surface area (Å²) in [5.74, 6) is 0.475.